The first kappa shape index (κ1) is 12.5. The zero-order valence-electron chi connectivity index (χ0n) is 10.4. The van der Waals surface area contributed by atoms with Crippen LogP contribution in [-0.2, 0) is 11.2 Å². The van der Waals surface area contributed by atoms with Crippen molar-refractivity contribution in [2.24, 2.45) is 0 Å². The molecule has 17 heavy (non-hydrogen) atoms. The third kappa shape index (κ3) is 3.51. The summed E-state index contributed by atoms with van der Waals surface area (Å²) in [5.74, 6) is 0. The van der Waals surface area contributed by atoms with Crippen LogP contribution in [0.5, 0.6) is 0 Å². The minimum absolute atomic E-state index is 0.288. The van der Waals surface area contributed by atoms with Crippen molar-refractivity contribution < 1.29 is 9.13 Å². The van der Waals surface area contributed by atoms with Gasteiger partial charge in [0, 0.05) is 12.6 Å². The lowest BCUT2D eigenvalue weighted by Crippen LogP contribution is -2.50. The monoisotopic (exact) mass is 237 g/mol. The maximum atomic E-state index is 13.0. The molecule has 0 aromatic heterocycles. The van der Waals surface area contributed by atoms with E-state index >= 15 is 0 Å². The summed E-state index contributed by atoms with van der Waals surface area (Å²) < 4.78 is 18.5. The summed E-state index contributed by atoms with van der Waals surface area (Å²) in [6, 6.07) is 8.81. The fourth-order valence-corrected chi connectivity index (χ4v) is 2.08. The lowest BCUT2D eigenvalue weighted by Gasteiger charge is -2.31. The zero-order chi connectivity index (χ0) is 12.3. The van der Waals surface area contributed by atoms with Crippen LogP contribution in [0.2, 0.25) is 0 Å². The van der Waals surface area contributed by atoms with Crippen LogP contribution in [0.4, 0.5) is 4.39 Å². The average molecular weight is 237 g/mol. The average Bonchev–Trinajstić information content (AvgIpc) is 2.33. The number of benzene rings is 1. The maximum Gasteiger partial charge on any atom is 0.125 e. The molecule has 1 aliphatic rings. The Hall–Kier alpha value is -0.930. The van der Waals surface area contributed by atoms with Gasteiger partial charge in [0.2, 0.25) is 0 Å². The van der Waals surface area contributed by atoms with Crippen LogP contribution in [0.15, 0.2) is 24.3 Å². The van der Waals surface area contributed by atoms with E-state index < -0.39 is 6.17 Å². The molecule has 2 nitrogen and oxygen atoms in total. The van der Waals surface area contributed by atoms with E-state index in [1.54, 1.807) is 6.92 Å². The van der Waals surface area contributed by atoms with Gasteiger partial charge in [0.15, 0.2) is 0 Å². The molecule has 2 rings (SSSR count). The molecule has 1 N–H and O–H groups in total. The molecule has 0 saturated carbocycles. The van der Waals surface area contributed by atoms with Crippen molar-refractivity contribution in [3.63, 3.8) is 0 Å². The van der Waals surface area contributed by atoms with E-state index in [2.05, 4.69) is 36.5 Å². The van der Waals surface area contributed by atoms with E-state index in [1.807, 2.05) is 0 Å². The van der Waals surface area contributed by atoms with Crippen molar-refractivity contribution in [1.29, 1.82) is 0 Å². The summed E-state index contributed by atoms with van der Waals surface area (Å²) in [6.45, 7) is 4.83. The molecule has 1 fully saturated rings. The molecule has 3 atom stereocenters. The molecular formula is C14H20FNO. The summed E-state index contributed by atoms with van der Waals surface area (Å²) in [5.41, 5.74) is 2.57. The van der Waals surface area contributed by atoms with Crippen LogP contribution < -0.4 is 5.32 Å². The van der Waals surface area contributed by atoms with Crippen LogP contribution in [0.25, 0.3) is 0 Å². The predicted molar refractivity (Wildman–Crippen MR) is 67.0 cm³/mol. The van der Waals surface area contributed by atoms with E-state index in [-0.39, 0.29) is 6.10 Å². The van der Waals surface area contributed by atoms with Crippen molar-refractivity contribution in [2.45, 2.75) is 38.6 Å². The highest BCUT2D eigenvalue weighted by Crippen LogP contribution is 2.12. The van der Waals surface area contributed by atoms with Crippen LogP contribution in [0.3, 0.4) is 0 Å². The normalized spacial score (nSPS) is 26.8. The summed E-state index contributed by atoms with van der Waals surface area (Å²) in [7, 11) is 0. The van der Waals surface area contributed by atoms with Crippen LogP contribution in [0.1, 0.15) is 18.1 Å². The first-order valence-electron chi connectivity index (χ1n) is 6.20. The Bertz CT molecular complexity index is 342. The number of hydrogen-bond donors (Lipinski definition) is 1. The molecule has 0 spiro atoms. The topological polar surface area (TPSA) is 21.3 Å². The second-order valence-corrected chi connectivity index (χ2v) is 4.84. The number of rotatable bonds is 3. The standard InChI is InChI=1S/C14H20FNO/c1-10-3-5-12(6-4-10)7-13-9-17-14(8-16-13)11(2)15/h3-6,11,13-14,16H,7-9H2,1-2H3. The van der Waals surface area contributed by atoms with Crippen molar-refractivity contribution in [3.8, 4) is 0 Å². The highest BCUT2D eigenvalue weighted by molar-refractivity contribution is 5.22. The van der Waals surface area contributed by atoms with E-state index in [0.29, 0.717) is 19.2 Å². The van der Waals surface area contributed by atoms with E-state index in [1.165, 1.54) is 11.1 Å². The summed E-state index contributed by atoms with van der Waals surface area (Å²) in [5, 5.41) is 3.35. The Morgan fingerprint density at radius 3 is 2.65 bits per heavy atom. The highest BCUT2D eigenvalue weighted by atomic mass is 19.1. The van der Waals surface area contributed by atoms with Gasteiger partial charge in [0.1, 0.15) is 12.3 Å². The molecule has 94 valence electrons. The SMILES string of the molecule is Cc1ccc(CC2COC(C(C)F)CN2)cc1. The van der Waals surface area contributed by atoms with Gasteiger partial charge in [-0.25, -0.2) is 4.39 Å². The zero-order valence-corrected chi connectivity index (χ0v) is 10.4. The maximum absolute atomic E-state index is 13.0. The Kier molecular flexibility index (Phi) is 4.13. The number of halogens is 1. The van der Waals surface area contributed by atoms with E-state index in [4.69, 9.17) is 4.74 Å². The van der Waals surface area contributed by atoms with Crippen LogP contribution >= 0.6 is 0 Å². The largest absolute Gasteiger partial charge is 0.372 e. The number of aryl methyl sites for hydroxylation is 1. The molecule has 1 aromatic rings. The third-order valence-electron chi connectivity index (χ3n) is 3.23. The molecule has 1 heterocycles. The van der Waals surface area contributed by atoms with Gasteiger partial charge in [-0.05, 0) is 25.8 Å². The van der Waals surface area contributed by atoms with Crippen molar-refractivity contribution in [1.82, 2.24) is 5.32 Å². The second kappa shape index (κ2) is 5.61. The van der Waals surface area contributed by atoms with Crippen molar-refractivity contribution in [3.05, 3.63) is 35.4 Å². The van der Waals surface area contributed by atoms with Gasteiger partial charge in [-0.3, -0.25) is 0 Å². The number of hydrogen-bond acceptors (Lipinski definition) is 2. The molecule has 0 aliphatic carbocycles. The molecule has 1 aliphatic heterocycles. The minimum Gasteiger partial charge on any atom is -0.372 e. The van der Waals surface area contributed by atoms with Crippen molar-refractivity contribution >= 4 is 0 Å². The fourth-order valence-electron chi connectivity index (χ4n) is 2.08. The number of alkyl halides is 1. The molecule has 1 saturated heterocycles. The van der Waals surface area contributed by atoms with Crippen LogP contribution in [-0.4, -0.2) is 31.5 Å². The van der Waals surface area contributed by atoms with Gasteiger partial charge in [0.25, 0.3) is 0 Å². The highest BCUT2D eigenvalue weighted by Gasteiger charge is 2.25. The lowest BCUT2D eigenvalue weighted by molar-refractivity contribution is -0.0340. The number of nitrogens with one attached hydrogen (secondary N) is 1. The van der Waals surface area contributed by atoms with Gasteiger partial charge >= 0.3 is 0 Å². The fraction of sp³-hybridized carbons (Fsp3) is 0.571. The Balaban J connectivity index is 1.84. The van der Waals surface area contributed by atoms with Gasteiger partial charge < -0.3 is 10.1 Å². The van der Waals surface area contributed by atoms with Crippen LogP contribution in [0, 0.1) is 6.92 Å². The van der Waals surface area contributed by atoms with Gasteiger partial charge in [-0.2, -0.15) is 0 Å². The Labute approximate surface area is 102 Å². The molecule has 3 unspecified atom stereocenters. The van der Waals surface area contributed by atoms with E-state index in [0.717, 1.165) is 6.42 Å². The van der Waals surface area contributed by atoms with Crippen molar-refractivity contribution in [2.75, 3.05) is 13.2 Å². The second-order valence-electron chi connectivity index (χ2n) is 4.84. The Morgan fingerprint density at radius 2 is 2.12 bits per heavy atom. The minimum atomic E-state index is -0.900. The number of ether oxygens (including phenoxy) is 1. The molecule has 1 aromatic carbocycles. The summed E-state index contributed by atoms with van der Waals surface area (Å²) >= 11 is 0. The quantitative estimate of drug-likeness (QED) is 0.870. The molecule has 0 amide bonds. The summed E-state index contributed by atoms with van der Waals surface area (Å²) in [4.78, 5) is 0. The molecule has 0 bridgehead atoms. The smallest absolute Gasteiger partial charge is 0.125 e. The third-order valence-corrected chi connectivity index (χ3v) is 3.23. The molecule has 0 radical (unpaired) electrons. The van der Waals surface area contributed by atoms with Gasteiger partial charge in [0.05, 0.1) is 6.61 Å². The molecular weight excluding hydrogens is 217 g/mol. The number of morpholine rings is 1. The first-order valence-corrected chi connectivity index (χ1v) is 6.20. The first-order chi connectivity index (χ1) is 8.15. The molecule has 3 heteroatoms. The van der Waals surface area contributed by atoms with E-state index in [9.17, 15) is 4.39 Å². The predicted octanol–water partition coefficient (Wildman–Crippen LogP) is 2.25. The Morgan fingerprint density at radius 1 is 1.41 bits per heavy atom. The van der Waals surface area contributed by atoms with Gasteiger partial charge in [-0.1, -0.05) is 29.8 Å². The summed E-state index contributed by atoms with van der Waals surface area (Å²) in [6.07, 6.45) is -0.250. The lowest BCUT2D eigenvalue weighted by atomic mass is 10.0. The van der Waals surface area contributed by atoms with Gasteiger partial charge in [-0.15, -0.1) is 0 Å².